The van der Waals surface area contributed by atoms with Crippen molar-refractivity contribution in [1.29, 1.82) is 0 Å². The van der Waals surface area contributed by atoms with Crippen LogP contribution in [0.5, 0.6) is 0 Å². The molecule has 3 rings (SSSR count). The molecule has 1 N–H and O–H groups in total. The number of rotatable bonds is 4. The van der Waals surface area contributed by atoms with E-state index in [2.05, 4.69) is 15.5 Å². The predicted octanol–water partition coefficient (Wildman–Crippen LogP) is 3.30. The van der Waals surface area contributed by atoms with Crippen molar-refractivity contribution in [3.63, 3.8) is 0 Å². The van der Waals surface area contributed by atoms with Crippen LogP contribution in [0.3, 0.4) is 0 Å². The highest BCUT2D eigenvalue weighted by Crippen LogP contribution is 2.45. The maximum absolute atomic E-state index is 14.1. The van der Waals surface area contributed by atoms with Gasteiger partial charge in [0.25, 0.3) is 0 Å². The van der Waals surface area contributed by atoms with Crippen LogP contribution in [0.4, 0.5) is 9.52 Å². The Hall–Kier alpha value is -1.82. The van der Waals surface area contributed by atoms with Gasteiger partial charge in [-0.25, -0.2) is 4.39 Å². The van der Waals surface area contributed by atoms with Crippen LogP contribution in [0.15, 0.2) is 24.3 Å². The van der Waals surface area contributed by atoms with E-state index in [1.165, 1.54) is 17.4 Å². The Morgan fingerprint density at radius 3 is 2.71 bits per heavy atom. The highest BCUT2D eigenvalue weighted by Gasteiger charge is 2.47. The van der Waals surface area contributed by atoms with Crippen molar-refractivity contribution in [3.05, 3.63) is 40.7 Å². The quantitative estimate of drug-likeness (QED) is 0.943. The van der Waals surface area contributed by atoms with Crippen molar-refractivity contribution in [2.45, 2.75) is 38.0 Å². The normalized spacial score (nSPS) is 16.3. The van der Waals surface area contributed by atoms with Crippen molar-refractivity contribution < 1.29 is 9.18 Å². The zero-order valence-electron chi connectivity index (χ0n) is 11.7. The molecule has 1 aromatic carbocycles. The predicted molar refractivity (Wildman–Crippen MR) is 79.8 cm³/mol. The standard InChI is InChI=1S/C15H16FN3OS/c1-2-12-18-19-14(21-12)17-13(20)15(8-5-9-15)10-6-3-4-7-11(10)16/h3-4,6-7H,2,5,8-9H2,1H3,(H,17,19,20). The summed E-state index contributed by atoms with van der Waals surface area (Å²) in [7, 11) is 0. The molecule has 21 heavy (non-hydrogen) atoms. The molecule has 0 aliphatic heterocycles. The number of aromatic nitrogens is 2. The average Bonchev–Trinajstić information content (AvgIpc) is 2.87. The van der Waals surface area contributed by atoms with E-state index in [-0.39, 0.29) is 11.7 Å². The first kappa shape index (κ1) is 14.1. The number of anilines is 1. The van der Waals surface area contributed by atoms with E-state index in [0.29, 0.717) is 23.5 Å². The first-order valence-electron chi connectivity index (χ1n) is 7.04. The summed E-state index contributed by atoms with van der Waals surface area (Å²) < 4.78 is 14.1. The minimum absolute atomic E-state index is 0.183. The Bertz CT molecular complexity index is 666. The van der Waals surface area contributed by atoms with Crippen LogP contribution in [-0.4, -0.2) is 16.1 Å². The van der Waals surface area contributed by atoms with Gasteiger partial charge in [0.1, 0.15) is 10.8 Å². The second-order valence-electron chi connectivity index (χ2n) is 5.22. The number of aryl methyl sites for hydroxylation is 1. The highest BCUT2D eigenvalue weighted by molar-refractivity contribution is 7.15. The number of amides is 1. The van der Waals surface area contributed by atoms with Crippen LogP contribution < -0.4 is 5.32 Å². The largest absolute Gasteiger partial charge is 0.300 e. The van der Waals surface area contributed by atoms with Gasteiger partial charge in [-0.1, -0.05) is 42.9 Å². The summed E-state index contributed by atoms with van der Waals surface area (Å²) in [5.74, 6) is -0.503. The maximum atomic E-state index is 14.1. The van der Waals surface area contributed by atoms with Gasteiger partial charge >= 0.3 is 0 Å². The van der Waals surface area contributed by atoms with E-state index in [4.69, 9.17) is 0 Å². The molecule has 1 heterocycles. The molecule has 1 aliphatic rings. The molecule has 0 unspecified atom stereocenters. The molecule has 0 spiro atoms. The van der Waals surface area contributed by atoms with Crippen LogP contribution in [0, 0.1) is 5.82 Å². The second kappa shape index (κ2) is 5.52. The third kappa shape index (κ3) is 2.44. The number of hydrogen-bond donors (Lipinski definition) is 1. The topological polar surface area (TPSA) is 54.9 Å². The number of nitrogens with one attached hydrogen (secondary N) is 1. The second-order valence-corrected chi connectivity index (χ2v) is 6.29. The van der Waals surface area contributed by atoms with Crippen LogP contribution in [0.1, 0.15) is 36.8 Å². The lowest BCUT2D eigenvalue weighted by molar-refractivity contribution is -0.124. The molecule has 110 valence electrons. The molecular formula is C15H16FN3OS. The summed E-state index contributed by atoms with van der Waals surface area (Å²) in [6.45, 7) is 1.99. The van der Waals surface area contributed by atoms with Crippen molar-refractivity contribution in [1.82, 2.24) is 10.2 Å². The summed E-state index contributed by atoms with van der Waals surface area (Å²) in [6.07, 6.45) is 3.04. The Morgan fingerprint density at radius 1 is 1.38 bits per heavy atom. The monoisotopic (exact) mass is 305 g/mol. The number of nitrogens with zero attached hydrogens (tertiary/aromatic N) is 2. The molecule has 1 fully saturated rings. The number of carbonyl (C=O) groups excluding carboxylic acids is 1. The van der Waals surface area contributed by atoms with E-state index < -0.39 is 5.41 Å². The fraction of sp³-hybridized carbons (Fsp3) is 0.400. The minimum Gasteiger partial charge on any atom is -0.300 e. The first-order chi connectivity index (χ1) is 10.2. The SMILES string of the molecule is CCc1nnc(NC(=O)C2(c3ccccc3F)CCC2)s1. The third-order valence-electron chi connectivity index (χ3n) is 4.02. The Labute approximate surface area is 126 Å². The van der Waals surface area contributed by atoms with Gasteiger partial charge in [-0.3, -0.25) is 10.1 Å². The lowest BCUT2D eigenvalue weighted by Crippen LogP contribution is -2.46. The fourth-order valence-corrected chi connectivity index (χ4v) is 3.34. The summed E-state index contributed by atoms with van der Waals surface area (Å²) in [5, 5.41) is 12.1. The van der Waals surface area contributed by atoms with Crippen molar-refractivity contribution in [2.75, 3.05) is 5.32 Å². The summed E-state index contributed by atoms with van der Waals surface area (Å²) in [6, 6.07) is 6.52. The zero-order valence-corrected chi connectivity index (χ0v) is 12.5. The summed E-state index contributed by atoms with van der Waals surface area (Å²) in [4.78, 5) is 12.6. The van der Waals surface area contributed by atoms with E-state index in [9.17, 15) is 9.18 Å². The Kier molecular flexibility index (Phi) is 3.71. The van der Waals surface area contributed by atoms with Crippen molar-refractivity contribution in [2.24, 2.45) is 0 Å². The lowest BCUT2D eigenvalue weighted by Gasteiger charge is -2.40. The molecule has 4 nitrogen and oxygen atoms in total. The van der Waals surface area contributed by atoms with E-state index in [1.54, 1.807) is 18.2 Å². The smallest absolute Gasteiger partial charge is 0.236 e. The number of benzene rings is 1. The van der Waals surface area contributed by atoms with Gasteiger partial charge in [0.2, 0.25) is 11.0 Å². The average molecular weight is 305 g/mol. The molecule has 1 aliphatic carbocycles. The molecule has 0 atom stereocenters. The van der Waals surface area contributed by atoms with Gasteiger partial charge in [-0.2, -0.15) is 0 Å². The molecular weight excluding hydrogens is 289 g/mol. The number of carbonyl (C=O) groups is 1. The molecule has 1 amide bonds. The number of hydrogen-bond acceptors (Lipinski definition) is 4. The molecule has 1 aromatic heterocycles. The zero-order chi connectivity index (χ0) is 14.9. The van der Waals surface area contributed by atoms with Gasteiger partial charge in [0, 0.05) is 5.56 Å². The molecule has 0 saturated heterocycles. The lowest BCUT2D eigenvalue weighted by atomic mass is 9.63. The maximum Gasteiger partial charge on any atom is 0.236 e. The van der Waals surface area contributed by atoms with E-state index in [1.807, 2.05) is 6.92 Å². The van der Waals surface area contributed by atoms with Gasteiger partial charge in [-0.15, -0.1) is 10.2 Å². The van der Waals surface area contributed by atoms with Crippen LogP contribution in [0.2, 0.25) is 0 Å². The molecule has 0 radical (unpaired) electrons. The minimum atomic E-state index is -0.761. The first-order valence-corrected chi connectivity index (χ1v) is 7.86. The Morgan fingerprint density at radius 2 is 2.14 bits per heavy atom. The van der Waals surface area contributed by atoms with Gasteiger partial charge in [-0.05, 0) is 25.3 Å². The van der Waals surface area contributed by atoms with Crippen molar-refractivity contribution >= 4 is 22.4 Å². The molecule has 2 aromatic rings. The van der Waals surface area contributed by atoms with Gasteiger partial charge < -0.3 is 0 Å². The van der Waals surface area contributed by atoms with Gasteiger partial charge in [0.05, 0.1) is 5.41 Å². The summed E-state index contributed by atoms with van der Waals surface area (Å²) >= 11 is 1.36. The van der Waals surface area contributed by atoms with Crippen molar-refractivity contribution in [3.8, 4) is 0 Å². The van der Waals surface area contributed by atoms with E-state index >= 15 is 0 Å². The van der Waals surface area contributed by atoms with Gasteiger partial charge in [0.15, 0.2) is 0 Å². The summed E-state index contributed by atoms with van der Waals surface area (Å²) in [5.41, 5.74) is -0.280. The Balaban J connectivity index is 1.86. The number of halogens is 1. The molecule has 6 heteroatoms. The third-order valence-corrected chi connectivity index (χ3v) is 5.00. The van der Waals surface area contributed by atoms with Crippen LogP contribution in [0.25, 0.3) is 0 Å². The highest BCUT2D eigenvalue weighted by atomic mass is 32.1. The molecule has 0 bridgehead atoms. The molecule has 1 saturated carbocycles. The fourth-order valence-electron chi connectivity index (χ4n) is 2.66. The van der Waals surface area contributed by atoms with Crippen LogP contribution >= 0.6 is 11.3 Å². The van der Waals surface area contributed by atoms with E-state index in [0.717, 1.165) is 17.8 Å². The van der Waals surface area contributed by atoms with Crippen LogP contribution in [-0.2, 0) is 16.6 Å².